The van der Waals surface area contributed by atoms with Gasteiger partial charge >= 0.3 is 5.97 Å². The summed E-state index contributed by atoms with van der Waals surface area (Å²) >= 11 is 0. The molecule has 2 aromatic heterocycles. The van der Waals surface area contributed by atoms with Crippen molar-refractivity contribution in [1.29, 1.82) is 5.26 Å². The first-order chi connectivity index (χ1) is 6.20. The van der Waals surface area contributed by atoms with E-state index in [1.165, 1.54) is 12.1 Å². The van der Waals surface area contributed by atoms with Crippen LogP contribution in [0.5, 0.6) is 0 Å². The Hall–Kier alpha value is -2.22. The van der Waals surface area contributed by atoms with E-state index in [-0.39, 0.29) is 11.5 Å². The number of nitrogens with one attached hydrogen (secondary N) is 1. The number of rotatable bonds is 1. The van der Waals surface area contributed by atoms with E-state index in [1.54, 1.807) is 0 Å². The first-order valence-corrected chi connectivity index (χ1v) is 3.46. The summed E-state index contributed by atoms with van der Waals surface area (Å²) in [4.78, 5) is 13.1. The molecule has 13 heavy (non-hydrogen) atoms. The number of aromatic nitrogens is 1. The van der Waals surface area contributed by atoms with Crippen molar-refractivity contribution < 1.29 is 14.3 Å². The Morgan fingerprint density at radius 2 is 2.38 bits per heavy atom. The second-order valence-electron chi connectivity index (χ2n) is 2.49. The van der Waals surface area contributed by atoms with Crippen molar-refractivity contribution in [3.05, 3.63) is 23.6 Å². The van der Waals surface area contributed by atoms with Crippen LogP contribution in [0.15, 0.2) is 16.5 Å². The van der Waals surface area contributed by atoms with Crippen molar-refractivity contribution in [2.75, 3.05) is 0 Å². The fraction of sp³-hybridized carbons (Fsp3) is 0. The molecule has 0 radical (unpaired) electrons. The van der Waals surface area contributed by atoms with Gasteiger partial charge in [0.1, 0.15) is 11.8 Å². The van der Waals surface area contributed by atoms with Gasteiger partial charge in [-0.05, 0) is 0 Å². The summed E-state index contributed by atoms with van der Waals surface area (Å²) in [6.45, 7) is 0. The quantitative estimate of drug-likeness (QED) is 0.685. The highest BCUT2D eigenvalue weighted by molar-refractivity contribution is 5.92. The number of fused-ring (bicyclic) bond motifs is 1. The normalized spacial score (nSPS) is 10.1. The molecule has 0 unspecified atom stereocenters. The standard InChI is InChI=1S/C8H4N2O3/c9-3-4-1-5-7(13-4)2-6(10-5)8(11)12/h1-2,10H,(H,11,12). The maximum absolute atomic E-state index is 10.5. The van der Waals surface area contributed by atoms with E-state index in [0.29, 0.717) is 11.1 Å². The van der Waals surface area contributed by atoms with Crippen LogP contribution in [-0.4, -0.2) is 16.1 Å². The number of carboxylic acids is 1. The second kappa shape index (κ2) is 2.38. The highest BCUT2D eigenvalue weighted by Crippen LogP contribution is 2.19. The third kappa shape index (κ3) is 1.05. The molecule has 0 amide bonds. The lowest BCUT2D eigenvalue weighted by molar-refractivity contribution is 0.0691. The van der Waals surface area contributed by atoms with Crippen LogP contribution in [0.3, 0.4) is 0 Å². The fourth-order valence-corrected chi connectivity index (χ4v) is 1.09. The topological polar surface area (TPSA) is 90.0 Å². The van der Waals surface area contributed by atoms with Gasteiger partial charge in [-0.3, -0.25) is 0 Å². The van der Waals surface area contributed by atoms with Crippen molar-refractivity contribution in [3.63, 3.8) is 0 Å². The first-order valence-electron chi connectivity index (χ1n) is 3.46. The van der Waals surface area contributed by atoms with E-state index in [9.17, 15) is 4.79 Å². The number of aromatic amines is 1. The zero-order chi connectivity index (χ0) is 9.42. The van der Waals surface area contributed by atoms with Crippen molar-refractivity contribution >= 4 is 17.1 Å². The predicted octanol–water partition coefficient (Wildman–Crippen LogP) is 1.33. The predicted molar refractivity (Wildman–Crippen MR) is 42.2 cm³/mol. The molecule has 5 heteroatoms. The molecule has 0 aliphatic carbocycles. The summed E-state index contributed by atoms with van der Waals surface area (Å²) < 4.78 is 4.99. The molecule has 2 N–H and O–H groups in total. The Kier molecular flexibility index (Phi) is 1.36. The lowest BCUT2D eigenvalue weighted by atomic mass is 10.4. The molecule has 64 valence electrons. The van der Waals surface area contributed by atoms with E-state index in [2.05, 4.69) is 4.98 Å². The van der Waals surface area contributed by atoms with E-state index >= 15 is 0 Å². The van der Waals surface area contributed by atoms with Gasteiger partial charge in [-0.2, -0.15) is 5.26 Å². The Labute approximate surface area is 72.2 Å². The number of furan rings is 1. The second-order valence-corrected chi connectivity index (χ2v) is 2.49. The monoisotopic (exact) mass is 176 g/mol. The van der Waals surface area contributed by atoms with Crippen LogP contribution < -0.4 is 0 Å². The van der Waals surface area contributed by atoms with E-state index in [4.69, 9.17) is 14.8 Å². The Morgan fingerprint density at radius 3 is 2.92 bits per heavy atom. The molecule has 0 aromatic carbocycles. The van der Waals surface area contributed by atoms with Gasteiger partial charge in [0.25, 0.3) is 0 Å². The molecular weight excluding hydrogens is 172 g/mol. The van der Waals surface area contributed by atoms with Gasteiger partial charge in [-0.25, -0.2) is 4.79 Å². The average Bonchev–Trinajstić information content (AvgIpc) is 2.58. The average molecular weight is 176 g/mol. The van der Waals surface area contributed by atoms with Gasteiger partial charge in [0.2, 0.25) is 5.76 Å². The van der Waals surface area contributed by atoms with Crippen LogP contribution in [0.4, 0.5) is 0 Å². The number of carboxylic acid groups (broad SMARTS) is 1. The third-order valence-electron chi connectivity index (χ3n) is 1.65. The van der Waals surface area contributed by atoms with E-state index in [1.807, 2.05) is 6.07 Å². The van der Waals surface area contributed by atoms with Crippen LogP contribution in [0.2, 0.25) is 0 Å². The molecule has 2 aromatic rings. The van der Waals surface area contributed by atoms with E-state index in [0.717, 1.165) is 0 Å². The smallest absolute Gasteiger partial charge is 0.352 e. The van der Waals surface area contributed by atoms with Crippen LogP contribution in [0.1, 0.15) is 16.2 Å². The minimum atomic E-state index is -1.05. The Bertz CT molecular complexity index is 483. The van der Waals surface area contributed by atoms with Gasteiger partial charge in [-0.1, -0.05) is 0 Å². The molecule has 2 rings (SSSR count). The van der Waals surface area contributed by atoms with Crippen LogP contribution in [0.25, 0.3) is 11.1 Å². The van der Waals surface area contributed by atoms with Gasteiger partial charge in [-0.15, -0.1) is 0 Å². The Morgan fingerprint density at radius 1 is 1.62 bits per heavy atom. The summed E-state index contributed by atoms with van der Waals surface area (Å²) in [7, 11) is 0. The molecule has 2 heterocycles. The molecule has 0 aliphatic rings. The summed E-state index contributed by atoms with van der Waals surface area (Å²) in [5, 5.41) is 17.1. The minimum absolute atomic E-state index is 0.0539. The van der Waals surface area contributed by atoms with Crippen LogP contribution >= 0.6 is 0 Å². The summed E-state index contributed by atoms with van der Waals surface area (Å²) in [6.07, 6.45) is 0. The molecule has 0 fully saturated rings. The minimum Gasteiger partial charge on any atom is -0.477 e. The number of carbonyl (C=O) groups is 1. The SMILES string of the molecule is N#Cc1cc2[nH]c(C(=O)O)cc2o1. The van der Waals surface area contributed by atoms with Crippen LogP contribution in [-0.2, 0) is 0 Å². The molecule has 0 saturated heterocycles. The van der Waals surface area contributed by atoms with Crippen molar-refractivity contribution in [2.24, 2.45) is 0 Å². The highest BCUT2D eigenvalue weighted by atomic mass is 16.4. The zero-order valence-electron chi connectivity index (χ0n) is 6.37. The van der Waals surface area contributed by atoms with Crippen molar-refractivity contribution in [3.8, 4) is 6.07 Å². The third-order valence-corrected chi connectivity index (χ3v) is 1.65. The number of aromatic carboxylic acids is 1. The maximum atomic E-state index is 10.5. The van der Waals surface area contributed by atoms with Gasteiger partial charge in [0, 0.05) is 12.1 Å². The molecular formula is C8H4N2O3. The number of hydrogen-bond acceptors (Lipinski definition) is 3. The van der Waals surface area contributed by atoms with Gasteiger partial charge in [0.05, 0.1) is 5.52 Å². The largest absolute Gasteiger partial charge is 0.477 e. The fourth-order valence-electron chi connectivity index (χ4n) is 1.09. The van der Waals surface area contributed by atoms with Gasteiger partial charge < -0.3 is 14.5 Å². The lowest BCUT2D eigenvalue weighted by Gasteiger charge is -1.82. The van der Waals surface area contributed by atoms with Gasteiger partial charge in [0.15, 0.2) is 5.58 Å². The maximum Gasteiger partial charge on any atom is 0.352 e. The molecule has 5 nitrogen and oxygen atoms in total. The van der Waals surface area contributed by atoms with Crippen molar-refractivity contribution in [1.82, 2.24) is 4.98 Å². The van der Waals surface area contributed by atoms with Crippen LogP contribution in [0, 0.1) is 11.3 Å². The molecule has 0 bridgehead atoms. The molecule has 0 spiro atoms. The summed E-state index contributed by atoms with van der Waals surface area (Å²) in [5.41, 5.74) is 0.959. The molecule has 0 atom stereocenters. The molecule has 0 aliphatic heterocycles. The number of H-pyrrole nitrogens is 1. The van der Waals surface area contributed by atoms with Crippen molar-refractivity contribution in [2.45, 2.75) is 0 Å². The summed E-state index contributed by atoms with van der Waals surface area (Å²) in [5.74, 6) is -0.886. The Balaban J connectivity index is 2.62. The molecule has 0 saturated carbocycles. The number of nitriles is 1. The first kappa shape index (κ1) is 7.43. The zero-order valence-corrected chi connectivity index (χ0v) is 6.37. The number of hydrogen-bond donors (Lipinski definition) is 2. The lowest BCUT2D eigenvalue weighted by Crippen LogP contribution is -1.94. The summed E-state index contributed by atoms with van der Waals surface area (Å²) in [6, 6.07) is 4.62. The van der Waals surface area contributed by atoms with E-state index < -0.39 is 5.97 Å². The highest BCUT2D eigenvalue weighted by Gasteiger charge is 2.11. The number of nitrogens with zero attached hydrogens (tertiary/aromatic N) is 1.